The number of ether oxygens (including phenoxy) is 2. The summed E-state index contributed by atoms with van der Waals surface area (Å²) in [6.45, 7) is 3.01. The van der Waals surface area contributed by atoms with E-state index >= 15 is 0 Å². The average Bonchev–Trinajstić information content (AvgIpc) is 2.78. The molecule has 0 saturated heterocycles. The van der Waals surface area contributed by atoms with Crippen LogP contribution in [-0.4, -0.2) is 19.9 Å². The average molecular weight is 390 g/mol. The molecule has 5 nitrogen and oxygen atoms in total. The molecule has 3 rings (SSSR count). The van der Waals surface area contributed by atoms with Gasteiger partial charge in [-0.2, -0.15) is 0 Å². The van der Waals surface area contributed by atoms with Crippen LogP contribution in [-0.2, 0) is 18.0 Å². The number of nitrogens with zero attached hydrogens (tertiary/aromatic N) is 1. The first kappa shape index (κ1) is 20.3. The van der Waals surface area contributed by atoms with Gasteiger partial charge in [0.05, 0.1) is 19.9 Å². The number of rotatable bonds is 9. The highest BCUT2D eigenvalue weighted by Gasteiger charge is 2.14. The summed E-state index contributed by atoms with van der Waals surface area (Å²) in [6, 6.07) is 24.0. The van der Waals surface area contributed by atoms with Crippen LogP contribution in [0.4, 0.5) is 5.69 Å². The van der Waals surface area contributed by atoms with Gasteiger partial charge in [0.2, 0.25) is 0 Å². The fourth-order valence-corrected chi connectivity index (χ4v) is 2.94. The minimum absolute atomic E-state index is 0.415. The zero-order valence-corrected chi connectivity index (χ0v) is 17.0. The molecule has 5 heteroatoms. The Kier molecular flexibility index (Phi) is 7.11. The first-order valence-electron chi connectivity index (χ1n) is 9.46. The number of nitrogens with one attached hydrogen (secondary N) is 1. The minimum atomic E-state index is 0.415. The van der Waals surface area contributed by atoms with E-state index in [0.29, 0.717) is 24.7 Å². The van der Waals surface area contributed by atoms with E-state index in [4.69, 9.17) is 14.3 Å². The third kappa shape index (κ3) is 5.51. The topological polar surface area (TPSA) is 52.1 Å². The summed E-state index contributed by atoms with van der Waals surface area (Å²) in [6.07, 6.45) is 0. The minimum Gasteiger partial charge on any atom is -0.493 e. The summed E-state index contributed by atoms with van der Waals surface area (Å²) in [4.78, 5) is 5.57. The third-order valence-corrected chi connectivity index (χ3v) is 4.51. The number of benzene rings is 3. The van der Waals surface area contributed by atoms with Gasteiger partial charge in [-0.05, 0) is 24.1 Å². The van der Waals surface area contributed by atoms with Crippen LogP contribution in [0.15, 0.2) is 78.0 Å². The highest BCUT2D eigenvalue weighted by Crippen LogP contribution is 2.34. The standard InChI is InChI=1S/C24H26N2O3/c1-18(26-29-17-20-12-8-5-9-13-20)21-14-23(27-2)24(28-3)15-22(21)25-16-19-10-6-4-7-11-19/h4-15,25H,16-17H2,1-3H3/b26-18+. The van der Waals surface area contributed by atoms with Crippen LogP contribution in [0.25, 0.3) is 0 Å². The molecule has 0 amide bonds. The van der Waals surface area contributed by atoms with Gasteiger partial charge in [0.25, 0.3) is 0 Å². The van der Waals surface area contributed by atoms with E-state index in [2.05, 4.69) is 22.6 Å². The zero-order chi connectivity index (χ0) is 20.5. The second-order valence-electron chi connectivity index (χ2n) is 6.53. The van der Waals surface area contributed by atoms with Gasteiger partial charge < -0.3 is 19.6 Å². The third-order valence-electron chi connectivity index (χ3n) is 4.51. The van der Waals surface area contributed by atoms with Gasteiger partial charge in [-0.1, -0.05) is 65.8 Å². The summed E-state index contributed by atoms with van der Waals surface area (Å²) in [5, 5.41) is 7.79. The van der Waals surface area contributed by atoms with Crippen LogP contribution in [0.3, 0.4) is 0 Å². The van der Waals surface area contributed by atoms with Crippen molar-refractivity contribution in [2.75, 3.05) is 19.5 Å². The predicted molar refractivity (Wildman–Crippen MR) is 117 cm³/mol. The second kappa shape index (κ2) is 10.2. The summed E-state index contributed by atoms with van der Waals surface area (Å²) in [5.74, 6) is 1.30. The summed E-state index contributed by atoms with van der Waals surface area (Å²) in [7, 11) is 3.25. The molecule has 0 aliphatic carbocycles. The second-order valence-corrected chi connectivity index (χ2v) is 6.53. The van der Waals surface area contributed by atoms with E-state index in [1.165, 1.54) is 5.56 Å². The Morgan fingerprint density at radius 3 is 2.03 bits per heavy atom. The highest BCUT2D eigenvalue weighted by molar-refractivity contribution is 6.04. The zero-order valence-electron chi connectivity index (χ0n) is 17.0. The van der Waals surface area contributed by atoms with Crippen molar-refractivity contribution in [3.63, 3.8) is 0 Å². The number of oxime groups is 1. The molecule has 0 atom stereocenters. The summed E-state index contributed by atoms with van der Waals surface area (Å²) < 4.78 is 10.9. The van der Waals surface area contributed by atoms with Crippen LogP contribution in [0.5, 0.6) is 11.5 Å². The molecular formula is C24H26N2O3. The molecule has 0 spiro atoms. The molecule has 0 fully saturated rings. The van der Waals surface area contributed by atoms with E-state index in [0.717, 1.165) is 22.5 Å². The first-order chi connectivity index (χ1) is 14.2. The first-order valence-corrected chi connectivity index (χ1v) is 9.46. The Hall–Kier alpha value is -3.47. The molecule has 0 aliphatic heterocycles. The van der Waals surface area contributed by atoms with Gasteiger partial charge in [0, 0.05) is 23.9 Å². The lowest BCUT2D eigenvalue weighted by Crippen LogP contribution is -2.07. The quantitative estimate of drug-likeness (QED) is 0.400. The number of methoxy groups -OCH3 is 2. The lowest BCUT2D eigenvalue weighted by molar-refractivity contribution is 0.130. The van der Waals surface area contributed by atoms with Crippen LogP contribution in [0.1, 0.15) is 23.6 Å². The van der Waals surface area contributed by atoms with Crippen molar-refractivity contribution in [1.82, 2.24) is 0 Å². The van der Waals surface area contributed by atoms with Gasteiger partial charge in [0.15, 0.2) is 11.5 Å². The lowest BCUT2D eigenvalue weighted by atomic mass is 10.1. The Bertz CT molecular complexity index is 941. The van der Waals surface area contributed by atoms with Crippen molar-refractivity contribution in [2.45, 2.75) is 20.1 Å². The van der Waals surface area contributed by atoms with E-state index in [9.17, 15) is 0 Å². The van der Waals surface area contributed by atoms with E-state index in [1.807, 2.05) is 67.6 Å². The largest absolute Gasteiger partial charge is 0.493 e. The maximum atomic E-state index is 5.57. The molecule has 0 aromatic heterocycles. The predicted octanol–water partition coefficient (Wildman–Crippen LogP) is 5.26. The Morgan fingerprint density at radius 2 is 1.41 bits per heavy atom. The maximum absolute atomic E-state index is 5.57. The molecule has 3 aromatic carbocycles. The fraction of sp³-hybridized carbons (Fsp3) is 0.208. The van der Waals surface area contributed by atoms with Crippen molar-refractivity contribution in [1.29, 1.82) is 0 Å². The smallest absolute Gasteiger partial charge is 0.162 e. The van der Waals surface area contributed by atoms with Crippen LogP contribution < -0.4 is 14.8 Å². The molecule has 0 unspecified atom stereocenters. The Morgan fingerprint density at radius 1 is 0.828 bits per heavy atom. The number of anilines is 1. The van der Waals surface area contributed by atoms with Gasteiger partial charge in [-0.15, -0.1) is 0 Å². The lowest BCUT2D eigenvalue weighted by Gasteiger charge is -2.16. The van der Waals surface area contributed by atoms with E-state index < -0.39 is 0 Å². The van der Waals surface area contributed by atoms with E-state index in [1.54, 1.807) is 14.2 Å². The van der Waals surface area contributed by atoms with Crippen LogP contribution in [0, 0.1) is 0 Å². The molecular weight excluding hydrogens is 364 g/mol. The molecule has 0 saturated carbocycles. The Balaban J connectivity index is 1.82. The monoisotopic (exact) mass is 390 g/mol. The fourth-order valence-electron chi connectivity index (χ4n) is 2.94. The summed E-state index contributed by atoms with van der Waals surface area (Å²) >= 11 is 0. The molecule has 3 aromatic rings. The number of hydrogen-bond acceptors (Lipinski definition) is 5. The van der Waals surface area contributed by atoms with Crippen molar-refractivity contribution >= 4 is 11.4 Å². The molecule has 0 radical (unpaired) electrons. The van der Waals surface area contributed by atoms with Gasteiger partial charge in [-0.25, -0.2) is 0 Å². The van der Waals surface area contributed by atoms with Gasteiger partial charge >= 0.3 is 0 Å². The van der Waals surface area contributed by atoms with Crippen LogP contribution >= 0.6 is 0 Å². The molecule has 0 heterocycles. The normalized spacial score (nSPS) is 11.1. The molecule has 0 aliphatic rings. The SMILES string of the molecule is COc1cc(NCc2ccccc2)c(/C(C)=N/OCc2ccccc2)cc1OC. The molecule has 0 bridgehead atoms. The highest BCUT2D eigenvalue weighted by atomic mass is 16.6. The van der Waals surface area contributed by atoms with Crippen molar-refractivity contribution < 1.29 is 14.3 Å². The molecule has 150 valence electrons. The molecule has 1 N–H and O–H groups in total. The van der Waals surface area contributed by atoms with Gasteiger partial charge in [-0.3, -0.25) is 0 Å². The van der Waals surface area contributed by atoms with Crippen molar-refractivity contribution in [3.05, 3.63) is 89.5 Å². The maximum Gasteiger partial charge on any atom is 0.162 e. The Labute approximate surface area is 171 Å². The summed E-state index contributed by atoms with van der Waals surface area (Å²) in [5.41, 5.74) is 4.79. The van der Waals surface area contributed by atoms with Crippen LogP contribution in [0.2, 0.25) is 0 Å². The van der Waals surface area contributed by atoms with Crippen molar-refractivity contribution in [2.24, 2.45) is 5.16 Å². The van der Waals surface area contributed by atoms with E-state index in [-0.39, 0.29) is 0 Å². The number of hydrogen-bond donors (Lipinski definition) is 1. The molecule has 29 heavy (non-hydrogen) atoms. The van der Waals surface area contributed by atoms with Crippen molar-refractivity contribution in [3.8, 4) is 11.5 Å². The van der Waals surface area contributed by atoms with Gasteiger partial charge in [0.1, 0.15) is 6.61 Å².